The zero-order valence-electron chi connectivity index (χ0n) is 8.63. The first-order valence-electron chi connectivity index (χ1n) is 5.49. The van der Waals surface area contributed by atoms with E-state index in [0.717, 1.165) is 0 Å². The maximum absolute atomic E-state index is 13.1. The van der Waals surface area contributed by atoms with Crippen LogP contribution in [0, 0.1) is 0 Å². The number of likely N-dealkylation sites (tertiary alicyclic amines) is 1. The molecule has 15 heavy (non-hydrogen) atoms. The van der Waals surface area contributed by atoms with Gasteiger partial charge in [-0.3, -0.25) is 4.90 Å². The van der Waals surface area contributed by atoms with E-state index in [1.54, 1.807) is 0 Å². The lowest BCUT2D eigenvalue weighted by Gasteiger charge is -2.39. The molecule has 1 radical (unpaired) electrons. The van der Waals surface area contributed by atoms with E-state index in [1.807, 2.05) is 4.90 Å². The van der Waals surface area contributed by atoms with Gasteiger partial charge in [-0.1, -0.05) is 0 Å². The summed E-state index contributed by atoms with van der Waals surface area (Å²) in [6.45, 7) is 1.21. The number of halogens is 3. The van der Waals surface area contributed by atoms with E-state index in [2.05, 4.69) is 5.32 Å². The highest BCUT2D eigenvalue weighted by molar-refractivity contribution is 4.84. The van der Waals surface area contributed by atoms with Crippen LogP contribution in [-0.4, -0.2) is 42.8 Å². The van der Waals surface area contributed by atoms with Crippen LogP contribution in [0.4, 0.5) is 13.2 Å². The second kappa shape index (κ2) is 4.29. The summed E-state index contributed by atoms with van der Waals surface area (Å²) in [6.07, 6.45) is -0.335. The molecule has 0 bridgehead atoms. The van der Waals surface area contributed by atoms with Gasteiger partial charge in [-0.25, -0.2) is 18.5 Å². The minimum atomic E-state index is -2.53. The van der Waals surface area contributed by atoms with Crippen molar-refractivity contribution in [1.29, 1.82) is 0 Å². The Kier molecular flexibility index (Phi) is 3.21. The van der Waals surface area contributed by atoms with Gasteiger partial charge in [0.1, 0.15) is 6.17 Å². The number of rotatable bonds is 1. The topological polar surface area (TPSA) is 17.3 Å². The van der Waals surface area contributed by atoms with E-state index in [-0.39, 0.29) is 19.0 Å². The minimum absolute atomic E-state index is 0.115. The van der Waals surface area contributed by atoms with Crippen molar-refractivity contribution in [1.82, 2.24) is 10.2 Å². The molecular weight excluding hydrogens is 205 g/mol. The highest BCUT2D eigenvalue weighted by Crippen LogP contribution is 2.29. The lowest BCUT2D eigenvalue weighted by molar-refractivity contribution is -0.0708. The maximum atomic E-state index is 13.1. The van der Waals surface area contributed by atoms with Crippen LogP contribution in [0.5, 0.6) is 0 Å². The summed E-state index contributed by atoms with van der Waals surface area (Å²) in [4.78, 5) is 1.89. The molecule has 0 aliphatic carbocycles. The van der Waals surface area contributed by atoms with Gasteiger partial charge < -0.3 is 0 Å². The number of hydrogen-bond donors (Lipinski definition) is 0. The molecule has 2 fully saturated rings. The molecule has 0 aromatic heterocycles. The fourth-order valence-corrected chi connectivity index (χ4v) is 2.20. The van der Waals surface area contributed by atoms with Gasteiger partial charge in [0.15, 0.2) is 0 Å². The minimum Gasteiger partial charge on any atom is -0.286 e. The Morgan fingerprint density at radius 3 is 2.47 bits per heavy atom. The molecule has 0 N–H and O–H groups in total. The number of hydrogen-bond acceptors (Lipinski definition) is 1. The van der Waals surface area contributed by atoms with Crippen molar-refractivity contribution < 1.29 is 13.2 Å². The lowest BCUT2D eigenvalue weighted by Crippen LogP contribution is -2.51. The molecule has 2 heterocycles. The lowest BCUT2D eigenvalue weighted by atomic mass is 10.0. The average Bonchev–Trinajstić information content (AvgIpc) is 2.17. The van der Waals surface area contributed by atoms with Gasteiger partial charge in [0.25, 0.3) is 5.92 Å². The molecule has 2 unspecified atom stereocenters. The summed E-state index contributed by atoms with van der Waals surface area (Å²) in [5, 5.41) is 4.29. The van der Waals surface area contributed by atoms with Crippen molar-refractivity contribution in [2.75, 3.05) is 19.6 Å². The largest absolute Gasteiger partial charge is 0.286 e. The number of piperidine rings is 2. The summed E-state index contributed by atoms with van der Waals surface area (Å²) in [7, 11) is 0. The number of nitrogens with zero attached hydrogens (tertiary/aromatic N) is 2. The van der Waals surface area contributed by atoms with Gasteiger partial charge in [0, 0.05) is 38.9 Å². The van der Waals surface area contributed by atoms with Crippen LogP contribution in [0.25, 0.3) is 0 Å². The molecule has 0 aromatic rings. The fourth-order valence-electron chi connectivity index (χ4n) is 2.20. The van der Waals surface area contributed by atoms with Crippen molar-refractivity contribution in [3.8, 4) is 0 Å². The van der Waals surface area contributed by atoms with Crippen LogP contribution in [0.15, 0.2) is 0 Å². The maximum Gasteiger partial charge on any atom is 0.250 e. The quantitative estimate of drug-likeness (QED) is 0.659. The molecule has 2 aliphatic heterocycles. The Morgan fingerprint density at radius 2 is 1.87 bits per heavy atom. The van der Waals surface area contributed by atoms with E-state index in [9.17, 15) is 13.2 Å². The molecule has 2 aliphatic rings. The van der Waals surface area contributed by atoms with Crippen molar-refractivity contribution in [3.05, 3.63) is 0 Å². The Hall–Kier alpha value is -0.290. The summed E-state index contributed by atoms with van der Waals surface area (Å²) in [5.41, 5.74) is 0. The first kappa shape index (κ1) is 11.2. The van der Waals surface area contributed by atoms with Crippen LogP contribution in [-0.2, 0) is 0 Å². The number of alkyl halides is 3. The van der Waals surface area contributed by atoms with Gasteiger partial charge in [-0.15, -0.1) is 0 Å². The molecule has 0 saturated carbocycles. The Balaban J connectivity index is 1.84. The summed E-state index contributed by atoms with van der Waals surface area (Å²) < 4.78 is 38.9. The van der Waals surface area contributed by atoms with E-state index in [4.69, 9.17) is 0 Å². The van der Waals surface area contributed by atoms with Crippen LogP contribution in [0.1, 0.15) is 25.7 Å². The summed E-state index contributed by atoms with van der Waals surface area (Å²) >= 11 is 0. The van der Waals surface area contributed by atoms with Crippen LogP contribution < -0.4 is 5.32 Å². The monoisotopic (exact) mass is 221 g/mol. The molecule has 0 amide bonds. The van der Waals surface area contributed by atoms with Crippen LogP contribution in [0.2, 0.25) is 0 Å². The highest BCUT2D eigenvalue weighted by Gasteiger charge is 2.37. The predicted molar refractivity (Wildman–Crippen MR) is 50.7 cm³/mol. The highest BCUT2D eigenvalue weighted by atomic mass is 19.3. The summed E-state index contributed by atoms with van der Waals surface area (Å²) in [5.74, 6) is -2.53. The fraction of sp³-hybridized carbons (Fsp3) is 1.00. The molecule has 2 nitrogen and oxygen atoms in total. The van der Waals surface area contributed by atoms with Gasteiger partial charge in [-0.05, 0) is 6.42 Å². The second-order valence-electron chi connectivity index (χ2n) is 4.40. The van der Waals surface area contributed by atoms with Gasteiger partial charge >= 0.3 is 0 Å². The first-order valence-corrected chi connectivity index (χ1v) is 5.49. The van der Waals surface area contributed by atoms with Crippen molar-refractivity contribution in [3.63, 3.8) is 0 Å². The molecule has 0 spiro atoms. The van der Waals surface area contributed by atoms with E-state index in [1.165, 1.54) is 0 Å². The molecule has 0 aromatic carbocycles. The SMILES string of the molecule is FC1CC[N]C(N2CCC(F)(F)CC2)C1. The Labute approximate surface area is 87.8 Å². The zero-order valence-corrected chi connectivity index (χ0v) is 8.63. The smallest absolute Gasteiger partial charge is 0.250 e. The van der Waals surface area contributed by atoms with Gasteiger partial charge in [0.05, 0.1) is 6.17 Å². The van der Waals surface area contributed by atoms with Gasteiger partial charge in [0.2, 0.25) is 0 Å². The average molecular weight is 221 g/mol. The third kappa shape index (κ3) is 2.84. The van der Waals surface area contributed by atoms with Gasteiger partial charge in [-0.2, -0.15) is 0 Å². The molecule has 2 rings (SSSR count). The van der Waals surface area contributed by atoms with Crippen LogP contribution >= 0.6 is 0 Å². The van der Waals surface area contributed by atoms with E-state index in [0.29, 0.717) is 32.5 Å². The molecule has 5 heteroatoms. The molecular formula is C10H16F3N2. The standard InChI is InChI=1S/C10H16F3N2/c11-8-1-4-14-9(7-8)15-5-2-10(12,13)3-6-15/h8-9H,1-7H2. The third-order valence-electron chi connectivity index (χ3n) is 3.20. The Morgan fingerprint density at radius 1 is 1.20 bits per heavy atom. The Bertz CT molecular complexity index is 213. The summed E-state index contributed by atoms with van der Waals surface area (Å²) in [6, 6.07) is 0. The van der Waals surface area contributed by atoms with E-state index >= 15 is 0 Å². The molecule has 2 saturated heterocycles. The molecule has 87 valence electrons. The van der Waals surface area contributed by atoms with Crippen molar-refractivity contribution in [2.24, 2.45) is 0 Å². The first-order chi connectivity index (χ1) is 7.07. The van der Waals surface area contributed by atoms with E-state index < -0.39 is 12.1 Å². The second-order valence-corrected chi connectivity index (χ2v) is 4.40. The van der Waals surface area contributed by atoms with Crippen LogP contribution in [0.3, 0.4) is 0 Å². The normalized spacial score (nSPS) is 37.8. The predicted octanol–water partition coefficient (Wildman–Crippen LogP) is 1.78. The van der Waals surface area contributed by atoms with Crippen molar-refractivity contribution >= 4 is 0 Å². The zero-order chi connectivity index (χ0) is 10.9. The van der Waals surface area contributed by atoms with Crippen molar-refractivity contribution in [2.45, 2.75) is 43.9 Å². The third-order valence-corrected chi connectivity index (χ3v) is 3.20. The molecule has 2 atom stereocenters.